The molecule has 0 aromatic carbocycles. The van der Waals surface area contributed by atoms with Gasteiger partial charge in [-0.1, -0.05) is 6.08 Å². The summed E-state index contributed by atoms with van der Waals surface area (Å²) in [6.07, 6.45) is 3.08. The molecule has 1 rings (SSSR count). The Balaban J connectivity index is 2.69. The lowest BCUT2D eigenvalue weighted by atomic mass is 9.82. The predicted octanol–water partition coefficient (Wildman–Crippen LogP) is 1.31. The second kappa shape index (κ2) is 3.58. The van der Waals surface area contributed by atoms with E-state index < -0.39 is 5.60 Å². The fourth-order valence-electron chi connectivity index (χ4n) is 1.75. The quantitative estimate of drug-likeness (QED) is 0.611. The number of nitrogens with one attached hydrogen (secondary N) is 1. The van der Waals surface area contributed by atoms with E-state index in [1.807, 2.05) is 26.8 Å². The van der Waals surface area contributed by atoms with Crippen molar-refractivity contribution in [3.05, 3.63) is 11.6 Å². The minimum Gasteiger partial charge on any atom is -0.385 e. The second-order valence-electron chi connectivity index (χ2n) is 3.81. The molecule has 0 bridgehead atoms. The minimum atomic E-state index is -0.613. The molecule has 2 heteroatoms. The lowest BCUT2D eigenvalue weighted by molar-refractivity contribution is 0.0430. The summed E-state index contributed by atoms with van der Waals surface area (Å²) in [5.41, 5.74) is 0.467. The number of rotatable bonds is 2. The van der Waals surface area contributed by atoms with Crippen molar-refractivity contribution >= 4 is 0 Å². The standard InChI is InChI=1S/C10H19NO/c1-4-8(2)10(3,12)9-5-6-11-7-9/h4,9,11-12H,5-7H2,1-3H3/b8-4+/t9-,10?/m0/s1. The molecule has 2 N–H and O–H groups in total. The van der Waals surface area contributed by atoms with Crippen LogP contribution >= 0.6 is 0 Å². The average molecular weight is 169 g/mol. The Morgan fingerprint density at radius 2 is 2.33 bits per heavy atom. The molecule has 70 valence electrons. The van der Waals surface area contributed by atoms with Crippen LogP contribution in [0.2, 0.25) is 0 Å². The van der Waals surface area contributed by atoms with Crippen molar-refractivity contribution < 1.29 is 5.11 Å². The molecule has 0 amide bonds. The van der Waals surface area contributed by atoms with Crippen LogP contribution in [0.15, 0.2) is 11.6 Å². The summed E-state index contributed by atoms with van der Waals surface area (Å²) in [5, 5.41) is 13.4. The Morgan fingerprint density at radius 3 is 2.75 bits per heavy atom. The van der Waals surface area contributed by atoms with Crippen LogP contribution in [0, 0.1) is 5.92 Å². The fourth-order valence-corrected chi connectivity index (χ4v) is 1.75. The average Bonchev–Trinajstić information content (AvgIpc) is 2.55. The first-order valence-corrected chi connectivity index (χ1v) is 4.65. The molecule has 1 saturated heterocycles. The van der Waals surface area contributed by atoms with Crippen LogP contribution in [0.5, 0.6) is 0 Å². The van der Waals surface area contributed by atoms with Crippen LogP contribution in [0.4, 0.5) is 0 Å². The van der Waals surface area contributed by atoms with Gasteiger partial charge in [0.05, 0.1) is 5.60 Å². The van der Waals surface area contributed by atoms with Crippen LogP contribution < -0.4 is 5.32 Å². The van der Waals surface area contributed by atoms with Crippen molar-refractivity contribution in [1.29, 1.82) is 0 Å². The third-order valence-electron chi connectivity index (χ3n) is 3.09. The number of allylic oxidation sites excluding steroid dienone is 1. The van der Waals surface area contributed by atoms with E-state index in [0.29, 0.717) is 5.92 Å². The van der Waals surface area contributed by atoms with Gasteiger partial charge in [-0.25, -0.2) is 0 Å². The van der Waals surface area contributed by atoms with Gasteiger partial charge in [-0.15, -0.1) is 0 Å². The highest BCUT2D eigenvalue weighted by atomic mass is 16.3. The summed E-state index contributed by atoms with van der Waals surface area (Å²) in [6.45, 7) is 7.88. The summed E-state index contributed by atoms with van der Waals surface area (Å²) in [6, 6.07) is 0. The third-order valence-corrected chi connectivity index (χ3v) is 3.09. The lowest BCUT2D eigenvalue weighted by Crippen LogP contribution is -2.37. The highest BCUT2D eigenvalue weighted by molar-refractivity contribution is 5.14. The van der Waals surface area contributed by atoms with Crippen molar-refractivity contribution in [2.75, 3.05) is 13.1 Å². The van der Waals surface area contributed by atoms with E-state index in [2.05, 4.69) is 5.32 Å². The Bertz CT molecular complexity index is 178. The van der Waals surface area contributed by atoms with Gasteiger partial charge in [-0.2, -0.15) is 0 Å². The topological polar surface area (TPSA) is 32.3 Å². The maximum absolute atomic E-state index is 10.2. The summed E-state index contributed by atoms with van der Waals surface area (Å²) < 4.78 is 0. The zero-order valence-electron chi connectivity index (χ0n) is 8.22. The zero-order valence-corrected chi connectivity index (χ0v) is 8.22. The van der Waals surface area contributed by atoms with Crippen molar-refractivity contribution in [2.24, 2.45) is 5.92 Å². The molecule has 0 aromatic heterocycles. The summed E-state index contributed by atoms with van der Waals surface area (Å²) >= 11 is 0. The molecule has 1 heterocycles. The SMILES string of the molecule is C/C=C(\C)C(C)(O)[C@H]1CCNC1. The lowest BCUT2D eigenvalue weighted by Gasteiger charge is -2.30. The maximum atomic E-state index is 10.2. The van der Waals surface area contributed by atoms with E-state index in [4.69, 9.17) is 0 Å². The van der Waals surface area contributed by atoms with E-state index in [9.17, 15) is 5.11 Å². The van der Waals surface area contributed by atoms with E-state index in [1.54, 1.807) is 0 Å². The molecule has 12 heavy (non-hydrogen) atoms. The zero-order chi connectivity index (χ0) is 9.19. The van der Waals surface area contributed by atoms with Crippen molar-refractivity contribution in [2.45, 2.75) is 32.8 Å². The Labute approximate surface area is 74.7 Å². The van der Waals surface area contributed by atoms with Gasteiger partial charge in [0.1, 0.15) is 0 Å². The molecule has 1 fully saturated rings. The molecule has 0 radical (unpaired) electrons. The van der Waals surface area contributed by atoms with Gasteiger partial charge < -0.3 is 10.4 Å². The van der Waals surface area contributed by atoms with E-state index in [0.717, 1.165) is 25.1 Å². The first-order valence-electron chi connectivity index (χ1n) is 4.65. The molecule has 1 aliphatic rings. The first kappa shape index (κ1) is 9.75. The summed E-state index contributed by atoms with van der Waals surface area (Å²) in [5.74, 6) is 0.383. The Morgan fingerprint density at radius 1 is 1.67 bits per heavy atom. The van der Waals surface area contributed by atoms with Crippen LogP contribution in [-0.2, 0) is 0 Å². The smallest absolute Gasteiger partial charge is 0.0866 e. The molecule has 2 nitrogen and oxygen atoms in total. The number of hydrogen-bond donors (Lipinski definition) is 2. The van der Waals surface area contributed by atoms with Crippen LogP contribution in [0.1, 0.15) is 27.2 Å². The summed E-state index contributed by atoms with van der Waals surface area (Å²) in [7, 11) is 0. The van der Waals surface area contributed by atoms with Gasteiger partial charge >= 0.3 is 0 Å². The van der Waals surface area contributed by atoms with Crippen molar-refractivity contribution in [1.82, 2.24) is 5.32 Å². The van der Waals surface area contributed by atoms with Gasteiger partial charge in [0.2, 0.25) is 0 Å². The monoisotopic (exact) mass is 169 g/mol. The molecule has 2 atom stereocenters. The molecule has 1 aliphatic heterocycles. The molecule has 0 saturated carbocycles. The van der Waals surface area contributed by atoms with Gasteiger partial charge in [-0.3, -0.25) is 0 Å². The fraction of sp³-hybridized carbons (Fsp3) is 0.800. The molecular formula is C10H19NO. The highest BCUT2D eigenvalue weighted by Gasteiger charge is 2.34. The van der Waals surface area contributed by atoms with Crippen molar-refractivity contribution in [3.63, 3.8) is 0 Å². The van der Waals surface area contributed by atoms with Crippen LogP contribution in [-0.4, -0.2) is 23.8 Å². The van der Waals surface area contributed by atoms with Gasteiger partial charge in [0.15, 0.2) is 0 Å². The number of aliphatic hydroxyl groups is 1. The largest absolute Gasteiger partial charge is 0.385 e. The molecule has 0 spiro atoms. The van der Waals surface area contributed by atoms with E-state index in [1.165, 1.54) is 0 Å². The van der Waals surface area contributed by atoms with E-state index in [-0.39, 0.29) is 0 Å². The Kier molecular flexibility index (Phi) is 2.91. The third kappa shape index (κ3) is 1.70. The van der Waals surface area contributed by atoms with Gasteiger partial charge in [0.25, 0.3) is 0 Å². The van der Waals surface area contributed by atoms with Crippen LogP contribution in [0.25, 0.3) is 0 Å². The molecule has 0 aromatic rings. The number of hydrogen-bond acceptors (Lipinski definition) is 2. The minimum absolute atomic E-state index is 0.383. The molecule has 1 unspecified atom stereocenters. The maximum Gasteiger partial charge on any atom is 0.0866 e. The van der Waals surface area contributed by atoms with Gasteiger partial charge in [-0.05, 0) is 39.3 Å². The second-order valence-corrected chi connectivity index (χ2v) is 3.81. The van der Waals surface area contributed by atoms with E-state index >= 15 is 0 Å². The predicted molar refractivity (Wildman–Crippen MR) is 51.0 cm³/mol. The molecular weight excluding hydrogens is 150 g/mol. The molecule has 0 aliphatic carbocycles. The van der Waals surface area contributed by atoms with Crippen LogP contribution in [0.3, 0.4) is 0 Å². The Hall–Kier alpha value is -0.340. The van der Waals surface area contributed by atoms with Gasteiger partial charge in [0, 0.05) is 12.5 Å². The highest BCUT2D eigenvalue weighted by Crippen LogP contribution is 2.29. The summed E-state index contributed by atoms with van der Waals surface area (Å²) in [4.78, 5) is 0. The normalized spacial score (nSPS) is 30.3. The first-order chi connectivity index (χ1) is 5.59. The van der Waals surface area contributed by atoms with Crippen molar-refractivity contribution in [3.8, 4) is 0 Å².